The number of carbonyl (C=O) groups is 2. The lowest BCUT2D eigenvalue weighted by Crippen LogP contribution is -2.46. The van der Waals surface area contributed by atoms with Crippen molar-refractivity contribution in [2.75, 3.05) is 26.2 Å². The first kappa shape index (κ1) is 11.9. The summed E-state index contributed by atoms with van der Waals surface area (Å²) in [5.74, 6) is -0.390. The van der Waals surface area contributed by atoms with Gasteiger partial charge in [-0.15, -0.1) is 0 Å². The van der Waals surface area contributed by atoms with Crippen molar-refractivity contribution >= 4 is 11.6 Å². The van der Waals surface area contributed by atoms with Crippen LogP contribution in [0.1, 0.15) is 20.7 Å². The standard InChI is InChI=1S/C14H15N3O2/c15-11-12(17-7-5-16-6-8-17)14(19)10-4-2-1-3-9(10)13(11)18/h1-4,16H,5-8,15H2. The number of nitrogens with zero attached hydrogens (tertiary/aromatic N) is 1. The molecule has 3 N–H and O–H groups in total. The molecular formula is C14H15N3O2. The molecule has 1 saturated heterocycles. The SMILES string of the molecule is NC1=C(N2CCNCC2)C(=O)c2ccccc2C1=O. The summed E-state index contributed by atoms with van der Waals surface area (Å²) >= 11 is 0. The van der Waals surface area contributed by atoms with Gasteiger partial charge in [-0.3, -0.25) is 9.59 Å². The number of hydrogen-bond donors (Lipinski definition) is 2. The summed E-state index contributed by atoms with van der Waals surface area (Å²) in [5.41, 5.74) is 7.21. The minimum absolute atomic E-state index is 0.0746. The number of hydrogen-bond acceptors (Lipinski definition) is 5. The zero-order chi connectivity index (χ0) is 13.4. The van der Waals surface area contributed by atoms with E-state index < -0.39 is 0 Å². The number of benzene rings is 1. The summed E-state index contributed by atoms with van der Waals surface area (Å²) in [7, 11) is 0. The van der Waals surface area contributed by atoms with E-state index in [9.17, 15) is 9.59 Å². The highest BCUT2D eigenvalue weighted by atomic mass is 16.1. The second-order valence-corrected chi connectivity index (χ2v) is 4.70. The van der Waals surface area contributed by atoms with Gasteiger partial charge in [0, 0.05) is 37.3 Å². The molecule has 0 spiro atoms. The van der Waals surface area contributed by atoms with Crippen molar-refractivity contribution < 1.29 is 9.59 Å². The summed E-state index contributed by atoms with van der Waals surface area (Å²) in [5, 5.41) is 3.21. The van der Waals surface area contributed by atoms with Crippen LogP contribution in [0, 0.1) is 0 Å². The van der Waals surface area contributed by atoms with E-state index in [1.165, 1.54) is 0 Å². The largest absolute Gasteiger partial charge is 0.394 e. The Morgan fingerprint density at radius 2 is 1.58 bits per heavy atom. The summed E-state index contributed by atoms with van der Waals surface area (Å²) in [4.78, 5) is 26.7. The van der Waals surface area contributed by atoms with Gasteiger partial charge in [0.15, 0.2) is 0 Å². The lowest BCUT2D eigenvalue weighted by atomic mass is 9.90. The van der Waals surface area contributed by atoms with Gasteiger partial charge in [-0.2, -0.15) is 0 Å². The van der Waals surface area contributed by atoms with E-state index in [0.29, 0.717) is 29.9 Å². The van der Waals surface area contributed by atoms with Crippen LogP contribution in [0.25, 0.3) is 0 Å². The topological polar surface area (TPSA) is 75.4 Å². The van der Waals surface area contributed by atoms with Gasteiger partial charge >= 0.3 is 0 Å². The Kier molecular flexibility index (Phi) is 2.83. The van der Waals surface area contributed by atoms with Crippen LogP contribution < -0.4 is 11.1 Å². The number of ketones is 2. The number of Topliss-reactive ketones (excluding diaryl/α,β-unsaturated/α-hetero) is 2. The second-order valence-electron chi connectivity index (χ2n) is 4.70. The molecule has 0 bridgehead atoms. The van der Waals surface area contributed by atoms with Crippen molar-refractivity contribution in [1.29, 1.82) is 0 Å². The van der Waals surface area contributed by atoms with Crippen LogP contribution in [0.15, 0.2) is 35.7 Å². The molecule has 1 aliphatic carbocycles. The van der Waals surface area contributed by atoms with Gasteiger partial charge in [0.25, 0.3) is 0 Å². The summed E-state index contributed by atoms with van der Waals surface area (Å²) in [6.07, 6.45) is 0. The molecule has 0 aromatic heterocycles. The van der Waals surface area contributed by atoms with E-state index in [1.54, 1.807) is 24.3 Å². The van der Waals surface area contributed by atoms with Crippen LogP contribution in [0.5, 0.6) is 0 Å². The quantitative estimate of drug-likeness (QED) is 0.748. The van der Waals surface area contributed by atoms with Crippen molar-refractivity contribution in [2.45, 2.75) is 0 Å². The maximum absolute atomic E-state index is 12.5. The molecule has 2 aliphatic rings. The minimum Gasteiger partial charge on any atom is -0.394 e. The van der Waals surface area contributed by atoms with Crippen LogP contribution in [0.3, 0.4) is 0 Å². The highest BCUT2D eigenvalue weighted by Crippen LogP contribution is 2.26. The van der Waals surface area contributed by atoms with Gasteiger partial charge in [0.2, 0.25) is 11.6 Å². The van der Waals surface area contributed by atoms with Gasteiger partial charge < -0.3 is 16.0 Å². The molecule has 0 radical (unpaired) electrons. The highest BCUT2D eigenvalue weighted by Gasteiger charge is 2.33. The smallest absolute Gasteiger partial charge is 0.212 e. The number of fused-ring (bicyclic) bond motifs is 1. The maximum atomic E-state index is 12.5. The lowest BCUT2D eigenvalue weighted by molar-refractivity contribution is 0.0935. The zero-order valence-corrected chi connectivity index (χ0v) is 10.5. The summed E-state index contributed by atoms with van der Waals surface area (Å²) in [6.45, 7) is 2.97. The predicted molar refractivity (Wildman–Crippen MR) is 70.8 cm³/mol. The van der Waals surface area contributed by atoms with Crippen LogP contribution in [-0.2, 0) is 0 Å². The predicted octanol–water partition coefficient (Wildman–Crippen LogP) is 0.141. The van der Waals surface area contributed by atoms with Gasteiger partial charge in [0.1, 0.15) is 11.4 Å². The van der Waals surface area contributed by atoms with E-state index in [0.717, 1.165) is 13.1 Å². The third-order valence-electron chi connectivity index (χ3n) is 3.56. The Hall–Kier alpha value is -2.14. The molecule has 3 rings (SSSR count). The van der Waals surface area contributed by atoms with Gasteiger partial charge in [-0.05, 0) is 0 Å². The van der Waals surface area contributed by atoms with Gasteiger partial charge in [-0.25, -0.2) is 0 Å². The van der Waals surface area contributed by atoms with E-state index in [-0.39, 0.29) is 17.3 Å². The fourth-order valence-corrected chi connectivity index (χ4v) is 2.58. The average molecular weight is 257 g/mol. The van der Waals surface area contributed by atoms with Crippen LogP contribution >= 0.6 is 0 Å². The number of rotatable bonds is 1. The normalized spacial score (nSPS) is 19.7. The molecular weight excluding hydrogens is 242 g/mol. The molecule has 0 saturated carbocycles. The number of piperazine rings is 1. The molecule has 98 valence electrons. The Bertz CT molecular complexity index is 586. The Labute approximate surface area is 111 Å². The molecule has 0 atom stereocenters. The molecule has 1 fully saturated rings. The minimum atomic E-state index is -0.247. The molecule has 1 aromatic rings. The molecule has 5 heteroatoms. The number of nitrogens with two attached hydrogens (primary N) is 1. The first-order chi connectivity index (χ1) is 9.20. The molecule has 19 heavy (non-hydrogen) atoms. The van der Waals surface area contributed by atoms with Crippen molar-refractivity contribution in [3.63, 3.8) is 0 Å². The first-order valence-corrected chi connectivity index (χ1v) is 6.34. The van der Waals surface area contributed by atoms with Crippen molar-refractivity contribution in [2.24, 2.45) is 5.73 Å². The highest BCUT2D eigenvalue weighted by molar-refractivity contribution is 6.26. The fraction of sp³-hybridized carbons (Fsp3) is 0.286. The molecule has 5 nitrogen and oxygen atoms in total. The zero-order valence-electron chi connectivity index (χ0n) is 10.5. The maximum Gasteiger partial charge on any atom is 0.212 e. The summed E-state index contributed by atoms with van der Waals surface area (Å²) < 4.78 is 0. The monoisotopic (exact) mass is 257 g/mol. The Morgan fingerprint density at radius 1 is 1.00 bits per heavy atom. The number of allylic oxidation sites excluding steroid dienone is 2. The molecule has 0 unspecified atom stereocenters. The molecule has 1 aromatic carbocycles. The molecule has 1 heterocycles. The second kappa shape index (κ2) is 4.51. The van der Waals surface area contributed by atoms with Crippen LogP contribution in [-0.4, -0.2) is 42.6 Å². The third-order valence-corrected chi connectivity index (χ3v) is 3.56. The van der Waals surface area contributed by atoms with E-state index in [4.69, 9.17) is 5.73 Å². The Morgan fingerprint density at radius 3 is 2.21 bits per heavy atom. The van der Waals surface area contributed by atoms with Crippen molar-refractivity contribution in [3.8, 4) is 0 Å². The van der Waals surface area contributed by atoms with E-state index in [2.05, 4.69) is 5.32 Å². The molecule has 0 amide bonds. The number of nitrogens with one attached hydrogen (secondary N) is 1. The van der Waals surface area contributed by atoms with E-state index in [1.807, 2.05) is 4.90 Å². The Balaban J connectivity index is 2.07. The lowest BCUT2D eigenvalue weighted by Gasteiger charge is -2.33. The average Bonchev–Trinajstić information content (AvgIpc) is 2.46. The first-order valence-electron chi connectivity index (χ1n) is 6.34. The van der Waals surface area contributed by atoms with E-state index >= 15 is 0 Å². The van der Waals surface area contributed by atoms with Crippen LogP contribution in [0.4, 0.5) is 0 Å². The van der Waals surface area contributed by atoms with Crippen LogP contribution in [0.2, 0.25) is 0 Å². The summed E-state index contributed by atoms with van der Waals surface area (Å²) in [6, 6.07) is 6.84. The van der Waals surface area contributed by atoms with Gasteiger partial charge in [-0.1, -0.05) is 24.3 Å². The number of carbonyl (C=O) groups excluding carboxylic acids is 2. The van der Waals surface area contributed by atoms with Gasteiger partial charge in [0.05, 0.1) is 0 Å². The van der Waals surface area contributed by atoms with Crippen molar-refractivity contribution in [1.82, 2.24) is 10.2 Å². The fourth-order valence-electron chi connectivity index (χ4n) is 2.58. The third kappa shape index (κ3) is 1.82. The molecule has 1 aliphatic heterocycles. The van der Waals surface area contributed by atoms with Crippen molar-refractivity contribution in [3.05, 3.63) is 46.8 Å².